The second-order valence-electron chi connectivity index (χ2n) is 5.90. The highest BCUT2D eigenvalue weighted by Crippen LogP contribution is 2.50. The van der Waals surface area contributed by atoms with E-state index < -0.39 is 5.97 Å². The molecule has 106 valence electrons. The summed E-state index contributed by atoms with van der Waals surface area (Å²) in [6.45, 7) is 5.09. The number of benzene rings is 1. The summed E-state index contributed by atoms with van der Waals surface area (Å²) in [7, 11) is 0. The van der Waals surface area contributed by atoms with Gasteiger partial charge in [-0.15, -0.1) is 0 Å². The average molecular weight is 273 g/mol. The van der Waals surface area contributed by atoms with E-state index in [2.05, 4.69) is 19.2 Å². The molecule has 0 radical (unpaired) electrons. The second kappa shape index (κ2) is 5.49. The van der Waals surface area contributed by atoms with Gasteiger partial charge in [-0.3, -0.25) is 4.79 Å². The van der Waals surface area contributed by atoms with Crippen molar-refractivity contribution in [3.05, 3.63) is 41.5 Å². The molecule has 20 heavy (non-hydrogen) atoms. The molecule has 2 N–H and O–H groups in total. The Balaban J connectivity index is 1.96. The van der Waals surface area contributed by atoms with Crippen LogP contribution in [0.1, 0.15) is 36.2 Å². The Kier molecular flexibility index (Phi) is 3.93. The van der Waals surface area contributed by atoms with Crippen LogP contribution >= 0.6 is 0 Å². The van der Waals surface area contributed by atoms with Crippen molar-refractivity contribution < 1.29 is 14.7 Å². The number of carboxylic acid groups (broad SMARTS) is 1. The Morgan fingerprint density at radius 2 is 2.15 bits per heavy atom. The summed E-state index contributed by atoms with van der Waals surface area (Å²) < 4.78 is 0. The Morgan fingerprint density at radius 3 is 2.75 bits per heavy atom. The summed E-state index contributed by atoms with van der Waals surface area (Å²) in [5.41, 5.74) is 1.60. The molecule has 1 aromatic carbocycles. The van der Waals surface area contributed by atoms with Crippen molar-refractivity contribution >= 4 is 18.0 Å². The molecule has 0 spiro atoms. The number of carbonyl (C=O) groups is 2. The first-order valence-electron chi connectivity index (χ1n) is 6.68. The molecular weight excluding hydrogens is 254 g/mol. The largest absolute Gasteiger partial charge is 0.478 e. The van der Waals surface area contributed by atoms with E-state index in [9.17, 15) is 9.59 Å². The van der Waals surface area contributed by atoms with E-state index in [4.69, 9.17) is 5.11 Å². The highest BCUT2D eigenvalue weighted by molar-refractivity contribution is 5.95. The van der Waals surface area contributed by atoms with E-state index in [0.29, 0.717) is 29.0 Å². The maximum absolute atomic E-state index is 12.0. The fourth-order valence-electron chi connectivity index (χ4n) is 2.19. The van der Waals surface area contributed by atoms with Gasteiger partial charge < -0.3 is 10.4 Å². The first-order valence-corrected chi connectivity index (χ1v) is 6.68. The van der Waals surface area contributed by atoms with E-state index in [1.165, 1.54) is 6.08 Å². The molecule has 4 nitrogen and oxygen atoms in total. The van der Waals surface area contributed by atoms with E-state index in [-0.39, 0.29) is 5.91 Å². The molecule has 1 amide bonds. The normalized spacial score (nSPS) is 19.8. The minimum atomic E-state index is -1.00. The number of hydrogen-bond donors (Lipinski definition) is 2. The first-order chi connectivity index (χ1) is 9.38. The molecule has 1 aromatic rings. The highest BCUT2D eigenvalue weighted by atomic mass is 16.4. The van der Waals surface area contributed by atoms with Crippen LogP contribution in [0.25, 0.3) is 6.08 Å². The zero-order valence-electron chi connectivity index (χ0n) is 11.7. The molecule has 1 aliphatic carbocycles. The molecule has 0 bridgehead atoms. The van der Waals surface area contributed by atoms with Crippen molar-refractivity contribution in [1.29, 1.82) is 0 Å². The average Bonchev–Trinajstić information content (AvgIpc) is 3.01. The number of aliphatic carboxylic acids is 1. The number of nitrogens with one attached hydrogen (secondary N) is 1. The van der Waals surface area contributed by atoms with Gasteiger partial charge in [0.05, 0.1) is 0 Å². The van der Waals surface area contributed by atoms with Crippen LogP contribution in [0.15, 0.2) is 30.3 Å². The zero-order valence-corrected chi connectivity index (χ0v) is 11.7. The van der Waals surface area contributed by atoms with Crippen LogP contribution in [0.3, 0.4) is 0 Å². The van der Waals surface area contributed by atoms with Crippen molar-refractivity contribution in [2.45, 2.75) is 20.3 Å². The second-order valence-corrected chi connectivity index (χ2v) is 5.90. The van der Waals surface area contributed by atoms with Crippen LogP contribution < -0.4 is 5.32 Å². The van der Waals surface area contributed by atoms with Crippen molar-refractivity contribution in [2.24, 2.45) is 11.3 Å². The highest BCUT2D eigenvalue weighted by Gasteiger charge is 2.45. The van der Waals surface area contributed by atoms with Crippen LogP contribution in [-0.4, -0.2) is 23.5 Å². The van der Waals surface area contributed by atoms with Crippen LogP contribution in [0.2, 0.25) is 0 Å². The topological polar surface area (TPSA) is 66.4 Å². The van der Waals surface area contributed by atoms with Crippen LogP contribution in [-0.2, 0) is 4.79 Å². The minimum Gasteiger partial charge on any atom is -0.478 e. The lowest BCUT2D eigenvalue weighted by molar-refractivity contribution is -0.131. The number of carboxylic acids is 1. The summed E-state index contributed by atoms with van der Waals surface area (Å²) in [6.07, 6.45) is 3.68. The van der Waals surface area contributed by atoms with Gasteiger partial charge in [-0.2, -0.15) is 0 Å². The fourth-order valence-corrected chi connectivity index (χ4v) is 2.19. The van der Waals surface area contributed by atoms with Gasteiger partial charge in [-0.1, -0.05) is 26.0 Å². The van der Waals surface area contributed by atoms with Gasteiger partial charge in [0, 0.05) is 18.2 Å². The van der Waals surface area contributed by atoms with Crippen molar-refractivity contribution in [1.82, 2.24) is 5.32 Å². The van der Waals surface area contributed by atoms with Crippen LogP contribution in [0.4, 0.5) is 0 Å². The SMILES string of the molecule is CC1(C)CC1CNC(=O)c1cccc(/C=C/C(=O)O)c1. The van der Waals surface area contributed by atoms with Gasteiger partial charge >= 0.3 is 5.97 Å². The zero-order chi connectivity index (χ0) is 14.8. The Morgan fingerprint density at radius 1 is 1.45 bits per heavy atom. The van der Waals surface area contributed by atoms with Gasteiger partial charge in [0.15, 0.2) is 0 Å². The lowest BCUT2D eigenvalue weighted by Gasteiger charge is -2.07. The number of carbonyl (C=O) groups excluding carboxylic acids is 1. The monoisotopic (exact) mass is 273 g/mol. The van der Waals surface area contributed by atoms with Gasteiger partial charge in [0.1, 0.15) is 0 Å². The maximum atomic E-state index is 12.0. The molecule has 2 rings (SSSR count). The number of amides is 1. The molecule has 1 fully saturated rings. The number of hydrogen-bond acceptors (Lipinski definition) is 2. The van der Waals surface area contributed by atoms with Crippen molar-refractivity contribution in [3.8, 4) is 0 Å². The third kappa shape index (κ3) is 3.70. The van der Waals surface area contributed by atoms with E-state index in [1.807, 2.05) is 0 Å². The molecule has 1 unspecified atom stereocenters. The van der Waals surface area contributed by atoms with Crippen molar-refractivity contribution in [2.75, 3.05) is 6.54 Å². The molecular formula is C16H19NO3. The first kappa shape index (κ1) is 14.3. The van der Waals surface area contributed by atoms with Gasteiger partial charge in [-0.05, 0) is 41.5 Å². The molecule has 0 saturated heterocycles. The third-order valence-electron chi connectivity index (χ3n) is 3.79. The lowest BCUT2D eigenvalue weighted by atomic mass is 10.1. The van der Waals surface area contributed by atoms with E-state index in [1.54, 1.807) is 24.3 Å². The summed E-state index contributed by atoms with van der Waals surface area (Å²) in [5, 5.41) is 11.5. The summed E-state index contributed by atoms with van der Waals surface area (Å²) >= 11 is 0. The molecule has 0 heterocycles. The predicted octanol–water partition coefficient (Wildman–Crippen LogP) is 2.56. The van der Waals surface area contributed by atoms with Crippen LogP contribution in [0.5, 0.6) is 0 Å². The van der Waals surface area contributed by atoms with Crippen LogP contribution in [0, 0.1) is 11.3 Å². The maximum Gasteiger partial charge on any atom is 0.328 e. The molecule has 1 saturated carbocycles. The van der Waals surface area contributed by atoms with Crippen molar-refractivity contribution in [3.63, 3.8) is 0 Å². The Hall–Kier alpha value is -2.10. The van der Waals surface area contributed by atoms with E-state index >= 15 is 0 Å². The number of rotatable bonds is 5. The molecule has 4 heteroatoms. The third-order valence-corrected chi connectivity index (χ3v) is 3.79. The van der Waals surface area contributed by atoms with E-state index in [0.717, 1.165) is 12.5 Å². The Bertz CT molecular complexity index is 561. The fraction of sp³-hybridized carbons (Fsp3) is 0.375. The van der Waals surface area contributed by atoms with Gasteiger partial charge in [0.2, 0.25) is 0 Å². The minimum absolute atomic E-state index is 0.113. The smallest absolute Gasteiger partial charge is 0.328 e. The Labute approximate surface area is 118 Å². The van der Waals surface area contributed by atoms with Gasteiger partial charge in [0.25, 0.3) is 5.91 Å². The predicted molar refractivity (Wildman–Crippen MR) is 77.3 cm³/mol. The molecule has 1 atom stereocenters. The summed E-state index contributed by atoms with van der Waals surface area (Å²) in [6, 6.07) is 6.93. The molecule has 0 aliphatic heterocycles. The lowest BCUT2D eigenvalue weighted by Crippen LogP contribution is -2.26. The van der Waals surface area contributed by atoms with Gasteiger partial charge in [-0.25, -0.2) is 4.79 Å². The summed E-state index contributed by atoms with van der Waals surface area (Å²) in [5.74, 6) is -0.560. The molecule has 1 aliphatic rings. The summed E-state index contributed by atoms with van der Waals surface area (Å²) in [4.78, 5) is 22.5. The standard InChI is InChI=1S/C16H19NO3/c1-16(2)9-13(16)10-17-15(20)12-5-3-4-11(8-12)6-7-14(18)19/h3-8,13H,9-10H2,1-2H3,(H,17,20)(H,18,19)/b7-6+. The molecule has 0 aromatic heterocycles. The quantitative estimate of drug-likeness (QED) is 0.810.